The SMILES string of the molecule is Nc1ncnc2nc(C3CCC3)[nH]c12. The molecule has 0 bridgehead atoms. The topological polar surface area (TPSA) is 80.5 Å². The molecule has 0 saturated heterocycles. The Morgan fingerprint density at radius 3 is 2.86 bits per heavy atom. The van der Waals surface area contributed by atoms with E-state index in [-0.39, 0.29) is 0 Å². The highest BCUT2D eigenvalue weighted by molar-refractivity contribution is 5.81. The lowest BCUT2D eigenvalue weighted by atomic mass is 9.85. The molecule has 0 spiro atoms. The van der Waals surface area contributed by atoms with E-state index in [0.29, 0.717) is 17.4 Å². The number of H-pyrrole nitrogens is 1. The summed E-state index contributed by atoms with van der Waals surface area (Å²) in [5.74, 6) is 2.06. The molecule has 1 aliphatic carbocycles. The van der Waals surface area contributed by atoms with E-state index in [1.807, 2.05) is 0 Å². The first-order valence-corrected chi connectivity index (χ1v) is 4.80. The average molecular weight is 189 g/mol. The van der Waals surface area contributed by atoms with Crippen LogP contribution in [0, 0.1) is 0 Å². The van der Waals surface area contributed by atoms with Gasteiger partial charge in [0.05, 0.1) is 0 Å². The van der Waals surface area contributed by atoms with Gasteiger partial charge in [-0.15, -0.1) is 0 Å². The van der Waals surface area contributed by atoms with Gasteiger partial charge in [-0.3, -0.25) is 0 Å². The maximum Gasteiger partial charge on any atom is 0.183 e. The van der Waals surface area contributed by atoms with Crippen LogP contribution in [0.1, 0.15) is 31.0 Å². The van der Waals surface area contributed by atoms with Crippen molar-refractivity contribution in [1.29, 1.82) is 0 Å². The molecule has 0 atom stereocenters. The molecular formula is C9H11N5. The van der Waals surface area contributed by atoms with Crippen LogP contribution in [0.25, 0.3) is 11.2 Å². The molecule has 1 aliphatic rings. The van der Waals surface area contributed by atoms with E-state index in [1.165, 1.54) is 25.6 Å². The molecule has 5 heteroatoms. The number of nitrogen functional groups attached to an aromatic ring is 1. The number of fused-ring (bicyclic) bond motifs is 1. The van der Waals surface area contributed by atoms with Gasteiger partial charge in [0, 0.05) is 5.92 Å². The lowest BCUT2D eigenvalue weighted by Crippen LogP contribution is -2.10. The van der Waals surface area contributed by atoms with Crippen molar-refractivity contribution in [3.63, 3.8) is 0 Å². The number of aromatic nitrogens is 4. The van der Waals surface area contributed by atoms with Crippen LogP contribution in [0.5, 0.6) is 0 Å². The van der Waals surface area contributed by atoms with Gasteiger partial charge < -0.3 is 10.7 Å². The van der Waals surface area contributed by atoms with Crippen LogP contribution >= 0.6 is 0 Å². The number of nitrogens with two attached hydrogens (primary N) is 1. The Morgan fingerprint density at radius 2 is 2.21 bits per heavy atom. The predicted molar refractivity (Wildman–Crippen MR) is 52.7 cm³/mol. The summed E-state index contributed by atoms with van der Waals surface area (Å²) >= 11 is 0. The van der Waals surface area contributed by atoms with Crippen LogP contribution < -0.4 is 5.73 Å². The van der Waals surface area contributed by atoms with Crippen molar-refractivity contribution >= 4 is 17.0 Å². The maximum absolute atomic E-state index is 5.71. The standard InChI is InChI=1S/C9H11N5/c10-7-6-9(12-4-11-7)14-8(13-6)5-2-1-3-5/h4-5H,1-3H2,(H3,10,11,12,13,14). The maximum atomic E-state index is 5.71. The Labute approximate surface area is 80.8 Å². The lowest BCUT2D eigenvalue weighted by molar-refractivity contribution is 0.404. The Hall–Kier alpha value is -1.65. The minimum atomic E-state index is 0.480. The Bertz CT molecular complexity index is 471. The van der Waals surface area contributed by atoms with E-state index in [2.05, 4.69) is 19.9 Å². The number of nitrogens with one attached hydrogen (secondary N) is 1. The fraction of sp³-hybridized carbons (Fsp3) is 0.444. The summed E-state index contributed by atoms with van der Waals surface area (Å²) in [4.78, 5) is 15.6. The van der Waals surface area contributed by atoms with Gasteiger partial charge in [-0.05, 0) is 12.8 Å². The van der Waals surface area contributed by atoms with Gasteiger partial charge in [-0.2, -0.15) is 0 Å². The molecular weight excluding hydrogens is 178 g/mol. The van der Waals surface area contributed by atoms with Crippen molar-refractivity contribution < 1.29 is 0 Å². The van der Waals surface area contributed by atoms with Crippen molar-refractivity contribution in [2.75, 3.05) is 5.73 Å². The lowest BCUT2D eigenvalue weighted by Gasteiger charge is -2.22. The summed E-state index contributed by atoms with van der Waals surface area (Å²) in [6.45, 7) is 0. The largest absolute Gasteiger partial charge is 0.382 e. The zero-order chi connectivity index (χ0) is 9.54. The zero-order valence-corrected chi connectivity index (χ0v) is 7.70. The van der Waals surface area contributed by atoms with Crippen molar-refractivity contribution in [3.8, 4) is 0 Å². The monoisotopic (exact) mass is 189 g/mol. The molecule has 2 aromatic rings. The Kier molecular flexibility index (Phi) is 1.47. The molecule has 2 aromatic heterocycles. The summed E-state index contributed by atoms with van der Waals surface area (Å²) in [6.07, 6.45) is 5.17. The third-order valence-corrected chi connectivity index (χ3v) is 2.83. The number of hydrogen-bond donors (Lipinski definition) is 2. The Morgan fingerprint density at radius 1 is 1.36 bits per heavy atom. The highest BCUT2D eigenvalue weighted by Gasteiger charge is 2.23. The summed E-state index contributed by atoms with van der Waals surface area (Å²) < 4.78 is 0. The zero-order valence-electron chi connectivity index (χ0n) is 7.70. The molecule has 5 nitrogen and oxygen atoms in total. The van der Waals surface area contributed by atoms with Gasteiger partial charge in [-0.1, -0.05) is 6.42 Å². The van der Waals surface area contributed by atoms with E-state index in [0.717, 1.165) is 11.3 Å². The normalized spacial score (nSPS) is 17.1. The first-order chi connectivity index (χ1) is 6.84. The quantitative estimate of drug-likeness (QED) is 0.706. The number of nitrogens with zero attached hydrogens (tertiary/aromatic N) is 3. The van der Waals surface area contributed by atoms with Crippen LogP contribution in [-0.2, 0) is 0 Å². The van der Waals surface area contributed by atoms with E-state index >= 15 is 0 Å². The van der Waals surface area contributed by atoms with Crippen LogP contribution in [0.2, 0.25) is 0 Å². The fourth-order valence-electron chi connectivity index (χ4n) is 1.74. The number of hydrogen-bond acceptors (Lipinski definition) is 4. The molecule has 72 valence electrons. The number of imidazole rings is 1. The summed E-state index contributed by atoms with van der Waals surface area (Å²) in [6, 6.07) is 0. The number of aromatic amines is 1. The van der Waals surface area contributed by atoms with Gasteiger partial charge in [0.1, 0.15) is 17.7 Å². The summed E-state index contributed by atoms with van der Waals surface area (Å²) in [5, 5.41) is 0. The molecule has 1 saturated carbocycles. The second-order valence-corrected chi connectivity index (χ2v) is 3.71. The van der Waals surface area contributed by atoms with E-state index in [1.54, 1.807) is 0 Å². The van der Waals surface area contributed by atoms with Gasteiger partial charge in [0.15, 0.2) is 11.5 Å². The Balaban J connectivity index is 2.15. The van der Waals surface area contributed by atoms with Crippen LogP contribution in [-0.4, -0.2) is 19.9 Å². The highest BCUT2D eigenvalue weighted by Crippen LogP contribution is 2.35. The summed E-state index contributed by atoms with van der Waals surface area (Å²) in [7, 11) is 0. The predicted octanol–water partition coefficient (Wildman–Crippen LogP) is 1.20. The molecule has 1 fully saturated rings. The second-order valence-electron chi connectivity index (χ2n) is 3.71. The molecule has 0 unspecified atom stereocenters. The first-order valence-electron chi connectivity index (χ1n) is 4.80. The molecule has 14 heavy (non-hydrogen) atoms. The van der Waals surface area contributed by atoms with Crippen molar-refractivity contribution in [3.05, 3.63) is 12.2 Å². The van der Waals surface area contributed by atoms with E-state index in [9.17, 15) is 0 Å². The van der Waals surface area contributed by atoms with E-state index < -0.39 is 0 Å². The average Bonchev–Trinajstić information content (AvgIpc) is 2.46. The first kappa shape index (κ1) is 7.73. The minimum absolute atomic E-state index is 0.480. The summed E-state index contributed by atoms with van der Waals surface area (Å²) in [5.41, 5.74) is 7.16. The number of rotatable bonds is 1. The van der Waals surface area contributed by atoms with Crippen LogP contribution in [0.3, 0.4) is 0 Å². The van der Waals surface area contributed by atoms with Gasteiger partial charge in [-0.25, -0.2) is 15.0 Å². The number of anilines is 1. The highest BCUT2D eigenvalue weighted by atomic mass is 15.0. The second kappa shape index (κ2) is 2.67. The molecule has 3 N–H and O–H groups in total. The molecule has 0 radical (unpaired) electrons. The molecule has 2 heterocycles. The van der Waals surface area contributed by atoms with Gasteiger partial charge in [0.2, 0.25) is 0 Å². The molecule has 0 amide bonds. The molecule has 0 aromatic carbocycles. The third kappa shape index (κ3) is 0.982. The fourth-order valence-corrected chi connectivity index (χ4v) is 1.74. The van der Waals surface area contributed by atoms with Crippen molar-refractivity contribution in [1.82, 2.24) is 19.9 Å². The van der Waals surface area contributed by atoms with Gasteiger partial charge >= 0.3 is 0 Å². The smallest absolute Gasteiger partial charge is 0.183 e. The van der Waals surface area contributed by atoms with E-state index in [4.69, 9.17) is 5.73 Å². The minimum Gasteiger partial charge on any atom is -0.382 e. The van der Waals surface area contributed by atoms with Crippen molar-refractivity contribution in [2.24, 2.45) is 0 Å². The molecule has 3 rings (SSSR count). The van der Waals surface area contributed by atoms with Crippen LogP contribution in [0.15, 0.2) is 6.33 Å². The van der Waals surface area contributed by atoms with Crippen molar-refractivity contribution in [2.45, 2.75) is 25.2 Å². The van der Waals surface area contributed by atoms with Gasteiger partial charge in [0.25, 0.3) is 0 Å². The third-order valence-electron chi connectivity index (χ3n) is 2.83. The van der Waals surface area contributed by atoms with Crippen LogP contribution in [0.4, 0.5) is 5.82 Å². The molecule has 0 aliphatic heterocycles.